The summed E-state index contributed by atoms with van der Waals surface area (Å²) < 4.78 is 26.9. The van der Waals surface area contributed by atoms with Crippen LogP contribution in [0.3, 0.4) is 0 Å². The Morgan fingerprint density at radius 2 is 1.95 bits per heavy atom. The van der Waals surface area contributed by atoms with Gasteiger partial charge in [-0.1, -0.05) is 29.8 Å². The highest BCUT2D eigenvalue weighted by atomic mass is 35.5. The highest BCUT2D eigenvalue weighted by Crippen LogP contribution is 2.19. The maximum absolute atomic E-state index is 12.2. The molecule has 0 amide bonds. The van der Waals surface area contributed by atoms with Gasteiger partial charge in [-0.05, 0) is 42.3 Å². The van der Waals surface area contributed by atoms with Gasteiger partial charge in [-0.15, -0.1) is 0 Å². The van der Waals surface area contributed by atoms with E-state index in [2.05, 4.69) is 4.72 Å². The van der Waals surface area contributed by atoms with E-state index in [0.29, 0.717) is 5.02 Å². The molecule has 0 saturated carbocycles. The van der Waals surface area contributed by atoms with E-state index in [1.807, 2.05) is 6.92 Å². The number of halogens is 1. The van der Waals surface area contributed by atoms with Crippen molar-refractivity contribution in [3.8, 4) is 0 Å². The lowest BCUT2D eigenvalue weighted by atomic mass is 10.2. The molecule has 0 aromatic heterocycles. The summed E-state index contributed by atoms with van der Waals surface area (Å²) in [6, 6.07) is 11.9. The van der Waals surface area contributed by atoms with Gasteiger partial charge in [0.25, 0.3) is 0 Å². The fraction of sp³-hybridized carbons (Fsp3) is 0.143. The maximum atomic E-state index is 12.2. The summed E-state index contributed by atoms with van der Waals surface area (Å²) in [4.78, 5) is 0.0881. The lowest BCUT2D eigenvalue weighted by molar-refractivity contribution is 0.581. The summed E-state index contributed by atoms with van der Waals surface area (Å²) in [6.45, 7) is 2.02. The predicted molar refractivity (Wildman–Crippen MR) is 81.1 cm³/mol. The van der Waals surface area contributed by atoms with Crippen LogP contribution < -0.4 is 10.5 Å². The Labute approximate surface area is 123 Å². The number of rotatable bonds is 4. The first kappa shape index (κ1) is 14.8. The summed E-state index contributed by atoms with van der Waals surface area (Å²) >= 11 is 5.86. The quantitative estimate of drug-likeness (QED) is 0.853. The largest absolute Gasteiger partial charge is 0.398 e. The molecule has 0 aliphatic heterocycles. The van der Waals surface area contributed by atoms with Gasteiger partial charge in [-0.3, -0.25) is 0 Å². The van der Waals surface area contributed by atoms with Crippen molar-refractivity contribution in [1.29, 1.82) is 0 Å². The number of hydrogen-bond donors (Lipinski definition) is 2. The average molecular weight is 311 g/mol. The van der Waals surface area contributed by atoms with Gasteiger partial charge in [0.1, 0.15) is 4.90 Å². The minimum atomic E-state index is -3.64. The van der Waals surface area contributed by atoms with Gasteiger partial charge in [0.2, 0.25) is 10.0 Å². The van der Waals surface area contributed by atoms with Gasteiger partial charge in [0.15, 0.2) is 0 Å². The van der Waals surface area contributed by atoms with Gasteiger partial charge in [0, 0.05) is 11.6 Å². The molecule has 0 aliphatic carbocycles. The molecule has 0 aliphatic rings. The number of hydrogen-bond acceptors (Lipinski definition) is 3. The second-order valence-corrected chi connectivity index (χ2v) is 6.67. The van der Waals surface area contributed by atoms with Crippen LogP contribution in [-0.4, -0.2) is 8.42 Å². The van der Waals surface area contributed by atoms with Crippen LogP contribution in [0.25, 0.3) is 0 Å². The van der Waals surface area contributed by atoms with E-state index in [1.54, 1.807) is 36.4 Å². The fourth-order valence-corrected chi connectivity index (χ4v) is 3.16. The van der Waals surface area contributed by atoms with Crippen LogP contribution >= 0.6 is 11.6 Å². The molecule has 0 fully saturated rings. The summed E-state index contributed by atoms with van der Waals surface area (Å²) in [7, 11) is -3.64. The molecule has 0 heterocycles. The predicted octanol–water partition coefficient (Wildman–Crippen LogP) is 2.71. The summed E-state index contributed by atoms with van der Waals surface area (Å²) in [5.41, 5.74) is 7.70. The summed E-state index contributed by atoms with van der Waals surface area (Å²) in [5, 5.41) is 0.566. The summed E-state index contributed by atoms with van der Waals surface area (Å²) in [5.74, 6) is 0. The first-order valence-corrected chi connectivity index (χ1v) is 7.85. The standard InChI is InChI=1S/C14H15ClN2O2S/c1-10-5-6-14(13(16)7-10)20(18,19)17-9-11-3-2-4-12(15)8-11/h2-8,17H,9,16H2,1H3. The van der Waals surface area contributed by atoms with Crippen molar-refractivity contribution in [2.45, 2.75) is 18.4 Å². The Morgan fingerprint density at radius 1 is 1.20 bits per heavy atom. The average Bonchev–Trinajstić information content (AvgIpc) is 2.36. The van der Waals surface area contributed by atoms with E-state index in [4.69, 9.17) is 17.3 Å². The molecule has 0 unspecified atom stereocenters. The van der Waals surface area contributed by atoms with Crippen LogP contribution in [0.15, 0.2) is 47.4 Å². The molecular formula is C14H15ClN2O2S. The first-order valence-electron chi connectivity index (χ1n) is 5.99. The van der Waals surface area contributed by atoms with E-state index < -0.39 is 10.0 Å². The zero-order chi connectivity index (χ0) is 14.8. The zero-order valence-corrected chi connectivity index (χ0v) is 12.5. The molecule has 0 spiro atoms. The molecule has 6 heteroatoms. The normalized spacial score (nSPS) is 11.5. The topological polar surface area (TPSA) is 72.2 Å². The third kappa shape index (κ3) is 3.50. The van der Waals surface area contributed by atoms with E-state index in [1.165, 1.54) is 6.07 Å². The van der Waals surface area contributed by atoms with E-state index in [0.717, 1.165) is 11.1 Å². The van der Waals surface area contributed by atoms with Crippen molar-refractivity contribution in [2.75, 3.05) is 5.73 Å². The lowest BCUT2D eigenvalue weighted by Gasteiger charge is -2.10. The highest BCUT2D eigenvalue weighted by molar-refractivity contribution is 7.89. The van der Waals surface area contributed by atoms with Crippen LogP contribution in [0.2, 0.25) is 5.02 Å². The monoisotopic (exact) mass is 310 g/mol. The fourth-order valence-electron chi connectivity index (χ4n) is 1.82. The van der Waals surface area contributed by atoms with E-state index in [9.17, 15) is 8.42 Å². The number of aryl methyl sites for hydroxylation is 1. The number of sulfonamides is 1. The molecule has 0 radical (unpaired) electrons. The number of benzene rings is 2. The molecule has 0 bridgehead atoms. The molecule has 2 aromatic rings. The van der Waals surface area contributed by atoms with Crippen molar-refractivity contribution >= 4 is 27.3 Å². The van der Waals surface area contributed by atoms with Crippen LogP contribution in [0.5, 0.6) is 0 Å². The first-order chi connectivity index (χ1) is 9.38. The van der Waals surface area contributed by atoms with E-state index in [-0.39, 0.29) is 17.1 Å². The minimum absolute atomic E-state index is 0.0881. The Kier molecular flexibility index (Phi) is 4.32. The van der Waals surface area contributed by atoms with Gasteiger partial charge in [-0.25, -0.2) is 13.1 Å². The van der Waals surface area contributed by atoms with Gasteiger partial charge in [0.05, 0.1) is 5.69 Å². The molecular weight excluding hydrogens is 296 g/mol. The number of nitrogens with two attached hydrogens (primary N) is 1. The minimum Gasteiger partial charge on any atom is -0.398 e. The number of anilines is 1. The zero-order valence-electron chi connectivity index (χ0n) is 10.9. The van der Waals surface area contributed by atoms with Crippen molar-refractivity contribution in [1.82, 2.24) is 4.72 Å². The van der Waals surface area contributed by atoms with Gasteiger partial charge < -0.3 is 5.73 Å². The number of nitrogens with one attached hydrogen (secondary N) is 1. The van der Waals surface area contributed by atoms with Crippen molar-refractivity contribution in [3.63, 3.8) is 0 Å². The molecule has 0 saturated heterocycles. The van der Waals surface area contributed by atoms with Crippen LogP contribution in [0.1, 0.15) is 11.1 Å². The molecule has 4 nitrogen and oxygen atoms in total. The SMILES string of the molecule is Cc1ccc(S(=O)(=O)NCc2cccc(Cl)c2)c(N)c1. The second kappa shape index (κ2) is 5.83. The van der Waals surface area contributed by atoms with Gasteiger partial charge in [-0.2, -0.15) is 0 Å². The van der Waals surface area contributed by atoms with Crippen molar-refractivity contribution < 1.29 is 8.42 Å². The second-order valence-electron chi connectivity index (χ2n) is 4.50. The van der Waals surface area contributed by atoms with Crippen LogP contribution in [0, 0.1) is 6.92 Å². The molecule has 3 N–H and O–H groups in total. The molecule has 106 valence electrons. The highest BCUT2D eigenvalue weighted by Gasteiger charge is 2.16. The summed E-state index contributed by atoms with van der Waals surface area (Å²) in [6.07, 6.45) is 0. The maximum Gasteiger partial charge on any atom is 0.242 e. The van der Waals surface area contributed by atoms with Crippen molar-refractivity contribution in [3.05, 3.63) is 58.6 Å². The Morgan fingerprint density at radius 3 is 2.60 bits per heavy atom. The third-order valence-corrected chi connectivity index (χ3v) is 4.52. The number of nitrogen functional groups attached to an aromatic ring is 1. The van der Waals surface area contributed by atoms with E-state index >= 15 is 0 Å². The Hall–Kier alpha value is -1.56. The molecule has 0 atom stereocenters. The smallest absolute Gasteiger partial charge is 0.242 e. The Balaban J connectivity index is 2.19. The third-order valence-electron chi connectivity index (χ3n) is 2.81. The van der Waals surface area contributed by atoms with Crippen LogP contribution in [-0.2, 0) is 16.6 Å². The van der Waals surface area contributed by atoms with Crippen molar-refractivity contribution in [2.24, 2.45) is 0 Å². The lowest BCUT2D eigenvalue weighted by Crippen LogP contribution is -2.24. The van der Waals surface area contributed by atoms with Gasteiger partial charge >= 0.3 is 0 Å². The van der Waals surface area contributed by atoms with Crippen LogP contribution in [0.4, 0.5) is 5.69 Å². The molecule has 20 heavy (non-hydrogen) atoms. The molecule has 2 aromatic carbocycles. The Bertz CT molecular complexity index is 730. The molecule has 2 rings (SSSR count).